The van der Waals surface area contributed by atoms with Crippen molar-refractivity contribution < 1.29 is 4.74 Å². The zero-order valence-electron chi connectivity index (χ0n) is 13.4. The summed E-state index contributed by atoms with van der Waals surface area (Å²) in [6.45, 7) is 6.45. The summed E-state index contributed by atoms with van der Waals surface area (Å²) in [7, 11) is 0. The molecule has 120 valence electrons. The summed E-state index contributed by atoms with van der Waals surface area (Å²) in [5.74, 6) is 1.59. The van der Waals surface area contributed by atoms with E-state index in [1.807, 2.05) is 19.1 Å². The normalized spacial score (nSPS) is 11.0. The zero-order chi connectivity index (χ0) is 16.1. The van der Waals surface area contributed by atoms with Gasteiger partial charge in [0.05, 0.1) is 5.39 Å². The fourth-order valence-electron chi connectivity index (χ4n) is 2.33. The Morgan fingerprint density at radius 3 is 3.00 bits per heavy atom. The van der Waals surface area contributed by atoms with Crippen LogP contribution in [0.1, 0.15) is 18.2 Å². The van der Waals surface area contributed by atoms with Crippen LogP contribution < -0.4 is 5.32 Å². The minimum Gasteiger partial charge on any atom is -0.382 e. The molecule has 0 bridgehead atoms. The van der Waals surface area contributed by atoms with Crippen molar-refractivity contribution in [2.75, 3.05) is 25.1 Å². The number of rotatable bonds is 7. The van der Waals surface area contributed by atoms with Gasteiger partial charge in [-0.2, -0.15) is 0 Å². The number of thiophene rings is 1. The maximum Gasteiger partial charge on any atom is 0.164 e. The van der Waals surface area contributed by atoms with Gasteiger partial charge in [-0.3, -0.25) is 4.98 Å². The highest BCUT2D eigenvalue weighted by Crippen LogP contribution is 2.30. The van der Waals surface area contributed by atoms with E-state index in [-0.39, 0.29) is 0 Å². The van der Waals surface area contributed by atoms with Gasteiger partial charge < -0.3 is 10.1 Å². The topological polar surface area (TPSA) is 59.9 Å². The summed E-state index contributed by atoms with van der Waals surface area (Å²) in [6.07, 6.45) is 4.50. The van der Waals surface area contributed by atoms with Gasteiger partial charge in [0.15, 0.2) is 5.82 Å². The fourth-order valence-corrected chi connectivity index (χ4v) is 3.21. The molecule has 0 saturated carbocycles. The van der Waals surface area contributed by atoms with Crippen LogP contribution in [0, 0.1) is 6.92 Å². The van der Waals surface area contributed by atoms with Crippen molar-refractivity contribution in [2.45, 2.75) is 20.3 Å². The summed E-state index contributed by atoms with van der Waals surface area (Å²) in [5.41, 5.74) is 0.929. The van der Waals surface area contributed by atoms with Crippen LogP contribution in [0.15, 0.2) is 30.6 Å². The first-order valence-corrected chi connectivity index (χ1v) is 8.59. The lowest BCUT2D eigenvalue weighted by Crippen LogP contribution is -2.08. The van der Waals surface area contributed by atoms with Crippen molar-refractivity contribution in [2.24, 2.45) is 0 Å². The zero-order valence-corrected chi connectivity index (χ0v) is 14.2. The van der Waals surface area contributed by atoms with Gasteiger partial charge >= 0.3 is 0 Å². The highest BCUT2D eigenvalue weighted by atomic mass is 32.1. The van der Waals surface area contributed by atoms with E-state index in [0.717, 1.165) is 47.8 Å². The highest BCUT2D eigenvalue weighted by molar-refractivity contribution is 7.18. The molecule has 3 heterocycles. The highest BCUT2D eigenvalue weighted by Gasteiger charge is 2.11. The van der Waals surface area contributed by atoms with Crippen LogP contribution >= 0.6 is 11.3 Å². The Morgan fingerprint density at radius 1 is 1.30 bits per heavy atom. The van der Waals surface area contributed by atoms with E-state index in [4.69, 9.17) is 9.72 Å². The molecule has 0 aliphatic heterocycles. The molecular weight excluding hydrogens is 308 g/mol. The number of hydrogen-bond donors (Lipinski definition) is 1. The number of nitrogens with zero attached hydrogens (tertiary/aromatic N) is 3. The van der Waals surface area contributed by atoms with Crippen LogP contribution in [0.3, 0.4) is 0 Å². The molecule has 3 rings (SSSR count). The predicted octanol–water partition coefficient (Wildman–Crippen LogP) is 3.90. The number of anilines is 1. The number of ether oxygens (including phenoxy) is 1. The Morgan fingerprint density at radius 2 is 2.22 bits per heavy atom. The molecule has 0 aromatic carbocycles. The van der Waals surface area contributed by atoms with Crippen LogP contribution in [-0.2, 0) is 4.74 Å². The molecule has 0 unspecified atom stereocenters. The van der Waals surface area contributed by atoms with Crippen LogP contribution in [-0.4, -0.2) is 34.7 Å². The largest absolute Gasteiger partial charge is 0.382 e. The molecular formula is C17H20N4OS. The van der Waals surface area contributed by atoms with Crippen molar-refractivity contribution in [3.05, 3.63) is 35.5 Å². The average Bonchev–Trinajstić information content (AvgIpc) is 2.95. The molecule has 0 fully saturated rings. The van der Waals surface area contributed by atoms with E-state index in [1.165, 1.54) is 4.88 Å². The molecule has 0 spiro atoms. The second kappa shape index (κ2) is 7.48. The van der Waals surface area contributed by atoms with Crippen molar-refractivity contribution in [3.8, 4) is 11.4 Å². The van der Waals surface area contributed by atoms with Gasteiger partial charge in [-0.25, -0.2) is 9.97 Å². The van der Waals surface area contributed by atoms with Gasteiger partial charge in [0.2, 0.25) is 0 Å². The number of aromatic nitrogens is 3. The molecule has 0 atom stereocenters. The van der Waals surface area contributed by atoms with E-state index in [2.05, 4.69) is 28.3 Å². The van der Waals surface area contributed by atoms with Crippen molar-refractivity contribution in [3.63, 3.8) is 0 Å². The van der Waals surface area contributed by atoms with E-state index >= 15 is 0 Å². The van der Waals surface area contributed by atoms with Crippen LogP contribution in [0.25, 0.3) is 21.6 Å². The molecule has 0 amide bonds. The molecule has 23 heavy (non-hydrogen) atoms. The van der Waals surface area contributed by atoms with Gasteiger partial charge in [0.1, 0.15) is 10.6 Å². The number of fused-ring (bicyclic) bond motifs is 1. The molecule has 3 aromatic heterocycles. The molecule has 1 N–H and O–H groups in total. The quantitative estimate of drug-likeness (QED) is 0.667. The Hall–Kier alpha value is -2.05. The predicted molar refractivity (Wildman–Crippen MR) is 95.0 cm³/mol. The molecule has 0 aliphatic rings. The standard InChI is InChI=1S/C17H20N4OS/c1-3-22-9-5-8-19-16-14-10-12(2)23-17(14)21-15(20-16)13-6-4-7-18-11-13/h4,6-7,10-11H,3,5,8-9H2,1-2H3,(H,19,20,21). The van der Waals surface area contributed by atoms with E-state index in [1.54, 1.807) is 23.7 Å². The van der Waals surface area contributed by atoms with E-state index < -0.39 is 0 Å². The summed E-state index contributed by atoms with van der Waals surface area (Å²) in [5, 5.41) is 4.51. The minimum atomic E-state index is 0.708. The van der Waals surface area contributed by atoms with Gasteiger partial charge in [0.25, 0.3) is 0 Å². The van der Waals surface area contributed by atoms with E-state index in [0.29, 0.717) is 5.82 Å². The maximum absolute atomic E-state index is 5.38. The Balaban J connectivity index is 1.88. The second-order valence-electron chi connectivity index (χ2n) is 5.19. The van der Waals surface area contributed by atoms with Crippen molar-refractivity contribution in [1.82, 2.24) is 15.0 Å². The summed E-state index contributed by atoms with van der Waals surface area (Å²) >= 11 is 1.69. The maximum atomic E-state index is 5.38. The van der Waals surface area contributed by atoms with E-state index in [9.17, 15) is 0 Å². The SMILES string of the molecule is CCOCCCNc1nc(-c2cccnc2)nc2sc(C)cc12. The first-order chi connectivity index (χ1) is 11.3. The minimum absolute atomic E-state index is 0.708. The van der Waals surface area contributed by atoms with Gasteiger partial charge in [0, 0.05) is 42.6 Å². The first kappa shape index (κ1) is 15.8. The Kier molecular flexibility index (Phi) is 5.15. The first-order valence-electron chi connectivity index (χ1n) is 7.78. The third-order valence-corrected chi connectivity index (χ3v) is 4.34. The van der Waals surface area contributed by atoms with Crippen LogP contribution in [0.4, 0.5) is 5.82 Å². The Bertz CT molecular complexity index is 773. The molecule has 0 aliphatic carbocycles. The third-order valence-electron chi connectivity index (χ3n) is 3.40. The summed E-state index contributed by atoms with van der Waals surface area (Å²) in [4.78, 5) is 15.8. The van der Waals surface area contributed by atoms with Gasteiger partial charge in [-0.1, -0.05) is 0 Å². The smallest absolute Gasteiger partial charge is 0.164 e. The molecule has 0 radical (unpaired) electrons. The molecule has 3 aromatic rings. The lowest BCUT2D eigenvalue weighted by atomic mass is 10.2. The summed E-state index contributed by atoms with van der Waals surface area (Å²) in [6, 6.07) is 6.02. The monoisotopic (exact) mass is 328 g/mol. The number of aryl methyl sites for hydroxylation is 1. The lowest BCUT2D eigenvalue weighted by molar-refractivity contribution is 0.147. The van der Waals surface area contributed by atoms with Crippen molar-refractivity contribution >= 4 is 27.4 Å². The number of pyridine rings is 1. The van der Waals surface area contributed by atoms with Crippen molar-refractivity contribution in [1.29, 1.82) is 0 Å². The van der Waals surface area contributed by atoms with Gasteiger partial charge in [-0.05, 0) is 38.5 Å². The fraction of sp³-hybridized carbons (Fsp3) is 0.353. The lowest BCUT2D eigenvalue weighted by Gasteiger charge is -2.09. The summed E-state index contributed by atoms with van der Waals surface area (Å²) < 4.78 is 5.38. The van der Waals surface area contributed by atoms with Crippen LogP contribution in [0.5, 0.6) is 0 Å². The second-order valence-corrected chi connectivity index (χ2v) is 6.43. The average molecular weight is 328 g/mol. The molecule has 0 saturated heterocycles. The third kappa shape index (κ3) is 3.83. The molecule has 6 heteroatoms. The van der Waals surface area contributed by atoms with Gasteiger partial charge in [-0.15, -0.1) is 11.3 Å². The molecule has 5 nitrogen and oxygen atoms in total. The van der Waals surface area contributed by atoms with Crippen LogP contribution in [0.2, 0.25) is 0 Å². The number of nitrogens with one attached hydrogen (secondary N) is 1. The Labute approximate surface area is 139 Å². The number of hydrogen-bond acceptors (Lipinski definition) is 6.